The van der Waals surface area contributed by atoms with Crippen molar-refractivity contribution in [3.05, 3.63) is 180 Å². The third kappa shape index (κ3) is 3.07. The normalized spacial score (nSPS) is 13.4. The van der Waals surface area contributed by atoms with E-state index in [0.717, 1.165) is 22.1 Å². The summed E-state index contributed by atoms with van der Waals surface area (Å²) in [6.45, 7) is 0. The third-order valence-corrected chi connectivity index (χ3v) is 9.08. The van der Waals surface area contributed by atoms with E-state index in [0.29, 0.717) is 0 Å². The van der Waals surface area contributed by atoms with Crippen molar-refractivity contribution in [1.82, 2.24) is 9.38 Å². The quantitative estimate of drug-likeness (QED) is 0.221. The van der Waals surface area contributed by atoms with E-state index >= 15 is 0 Å². The molecule has 42 heavy (non-hydrogen) atoms. The summed E-state index contributed by atoms with van der Waals surface area (Å²) in [5, 5.41) is 2.37. The molecule has 0 N–H and O–H groups in total. The predicted octanol–water partition coefficient (Wildman–Crippen LogP) is 9.67. The van der Waals surface area contributed by atoms with Crippen molar-refractivity contribution in [2.75, 3.05) is 0 Å². The zero-order valence-corrected chi connectivity index (χ0v) is 22.9. The Morgan fingerprint density at radius 2 is 1.10 bits per heavy atom. The molecule has 0 atom stereocenters. The van der Waals surface area contributed by atoms with Crippen LogP contribution >= 0.6 is 0 Å². The molecule has 0 amide bonds. The van der Waals surface area contributed by atoms with Gasteiger partial charge in [0.25, 0.3) is 0 Å². The molecule has 6 aromatic carbocycles. The molecule has 0 saturated heterocycles. The number of hydrogen-bond donors (Lipinski definition) is 0. The van der Waals surface area contributed by atoms with Gasteiger partial charge >= 0.3 is 0 Å². The van der Waals surface area contributed by atoms with Crippen molar-refractivity contribution in [3.8, 4) is 22.3 Å². The maximum absolute atomic E-state index is 5.03. The molecule has 1 aliphatic carbocycles. The molecule has 2 nitrogen and oxygen atoms in total. The maximum atomic E-state index is 5.03. The summed E-state index contributed by atoms with van der Waals surface area (Å²) in [6.07, 6.45) is 2.28. The number of fused-ring (bicyclic) bond motifs is 8. The van der Waals surface area contributed by atoms with Gasteiger partial charge in [0.1, 0.15) is 5.65 Å². The molecule has 0 radical (unpaired) electrons. The van der Waals surface area contributed by atoms with Crippen molar-refractivity contribution in [1.29, 1.82) is 0 Å². The Bertz CT molecular complexity index is 2260. The Morgan fingerprint density at radius 3 is 1.88 bits per heavy atom. The van der Waals surface area contributed by atoms with Crippen LogP contribution < -0.4 is 0 Å². The van der Waals surface area contributed by atoms with Crippen LogP contribution in [0.1, 0.15) is 22.3 Å². The van der Waals surface area contributed by atoms with Crippen LogP contribution in [0.15, 0.2) is 158 Å². The van der Waals surface area contributed by atoms with Crippen LogP contribution in [0, 0.1) is 0 Å². The van der Waals surface area contributed by atoms with Gasteiger partial charge in [0.2, 0.25) is 0 Å². The minimum atomic E-state index is -0.425. The first-order chi connectivity index (χ1) is 20.8. The lowest BCUT2D eigenvalue weighted by molar-refractivity contribution is 0.769. The molecule has 2 heteroatoms. The standard InChI is InChI=1S/C40H26N2/c1-3-13-28(14-4-1)40(29-15-5-2-6-16-29)35-20-10-9-18-31(35)32-24-23-27(25-36(32)40)34-26-42-38-22-12-11-21-37(38)41-39(42)33-19-8-7-17-30(33)34/h1-26H. The number of nitrogens with zero attached hydrogens (tertiary/aromatic N) is 2. The number of aromatic nitrogens is 2. The number of para-hydroxylation sites is 2. The summed E-state index contributed by atoms with van der Waals surface area (Å²) in [5.41, 5.74) is 12.9. The zero-order valence-electron chi connectivity index (χ0n) is 22.9. The van der Waals surface area contributed by atoms with Gasteiger partial charge in [-0.3, -0.25) is 4.40 Å². The van der Waals surface area contributed by atoms with Crippen LogP contribution in [0.2, 0.25) is 0 Å². The first-order valence-electron chi connectivity index (χ1n) is 14.5. The van der Waals surface area contributed by atoms with Crippen LogP contribution in [0.4, 0.5) is 0 Å². The van der Waals surface area contributed by atoms with Crippen molar-refractivity contribution in [2.24, 2.45) is 0 Å². The number of pyridine rings is 1. The number of imidazole rings is 1. The molecule has 0 aliphatic heterocycles. The second-order valence-electron chi connectivity index (χ2n) is 11.2. The van der Waals surface area contributed by atoms with E-state index in [1.165, 1.54) is 49.9 Å². The van der Waals surface area contributed by atoms with Crippen molar-refractivity contribution < 1.29 is 0 Å². The molecule has 2 heterocycles. The van der Waals surface area contributed by atoms with Gasteiger partial charge in [0.15, 0.2) is 0 Å². The van der Waals surface area contributed by atoms with Gasteiger partial charge in [-0.05, 0) is 62.5 Å². The summed E-state index contributed by atoms with van der Waals surface area (Å²) in [6, 6.07) is 55.1. The van der Waals surface area contributed by atoms with Gasteiger partial charge < -0.3 is 0 Å². The highest BCUT2D eigenvalue weighted by Crippen LogP contribution is 2.56. The molecule has 2 aromatic heterocycles. The van der Waals surface area contributed by atoms with Crippen molar-refractivity contribution in [2.45, 2.75) is 5.41 Å². The Morgan fingerprint density at radius 1 is 0.476 bits per heavy atom. The van der Waals surface area contributed by atoms with Crippen LogP contribution in [-0.4, -0.2) is 9.38 Å². The summed E-state index contributed by atoms with van der Waals surface area (Å²) < 4.78 is 2.26. The highest BCUT2D eigenvalue weighted by atomic mass is 15.0. The first kappa shape index (κ1) is 23.3. The topological polar surface area (TPSA) is 17.3 Å². The average Bonchev–Trinajstić information content (AvgIpc) is 3.59. The molecule has 9 rings (SSSR count). The smallest absolute Gasteiger partial charge is 0.145 e. The van der Waals surface area contributed by atoms with Crippen LogP contribution in [0.25, 0.3) is 49.7 Å². The summed E-state index contributed by atoms with van der Waals surface area (Å²) in [7, 11) is 0. The van der Waals surface area contributed by atoms with Crippen LogP contribution in [0.3, 0.4) is 0 Å². The Balaban J connectivity index is 1.40. The monoisotopic (exact) mass is 534 g/mol. The minimum Gasteiger partial charge on any atom is -0.298 e. The number of benzene rings is 6. The molecular formula is C40H26N2. The fraction of sp³-hybridized carbons (Fsp3) is 0.0250. The lowest BCUT2D eigenvalue weighted by Gasteiger charge is -2.34. The molecule has 196 valence electrons. The minimum absolute atomic E-state index is 0.425. The molecule has 0 fully saturated rings. The van der Waals surface area contributed by atoms with E-state index in [4.69, 9.17) is 4.98 Å². The SMILES string of the molecule is c1ccc(C2(c3ccccc3)c3ccccc3-c3ccc(-c4cn5c6ccccc6nc5c5ccccc45)cc32)cc1. The molecule has 0 saturated carbocycles. The van der Waals surface area contributed by atoms with E-state index < -0.39 is 5.41 Å². The van der Waals surface area contributed by atoms with Crippen LogP contribution in [-0.2, 0) is 5.41 Å². The Hall–Kier alpha value is -5.47. The van der Waals surface area contributed by atoms with E-state index in [2.05, 4.69) is 162 Å². The predicted molar refractivity (Wildman–Crippen MR) is 173 cm³/mol. The largest absolute Gasteiger partial charge is 0.298 e. The maximum Gasteiger partial charge on any atom is 0.145 e. The van der Waals surface area contributed by atoms with Gasteiger partial charge in [0.05, 0.1) is 16.4 Å². The third-order valence-electron chi connectivity index (χ3n) is 9.08. The second kappa shape index (κ2) is 8.76. The first-order valence-corrected chi connectivity index (χ1v) is 14.5. The Labute approximate surface area is 244 Å². The Kier molecular flexibility index (Phi) is 4.85. The average molecular weight is 535 g/mol. The summed E-state index contributed by atoms with van der Waals surface area (Å²) >= 11 is 0. The fourth-order valence-corrected chi connectivity index (χ4v) is 7.32. The molecule has 1 aliphatic rings. The number of hydrogen-bond acceptors (Lipinski definition) is 1. The lowest BCUT2D eigenvalue weighted by Crippen LogP contribution is -2.28. The van der Waals surface area contributed by atoms with E-state index in [1.54, 1.807) is 0 Å². The lowest BCUT2D eigenvalue weighted by atomic mass is 9.67. The van der Waals surface area contributed by atoms with Gasteiger partial charge in [-0.1, -0.05) is 133 Å². The molecular weight excluding hydrogens is 508 g/mol. The summed E-state index contributed by atoms with van der Waals surface area (Å²) in [5.74, 6) is 0. The van der Waals surface area contributed by atoms with E-state index in [1.807, 2.05) is 0 Å². The molecule has 0 spiro atoms. The molecule has 8 aromatic rings. The highest BCUT2D eigenvalue weighted by Gasteiger charge is 2.46. The zero-order chi connectivity index (χ0) is 27.7. The fourth-order valence-electron chi connectivity index (χ4n) is 7.32. The highest BCUT2D eigenvalue weighted by molar-refractivity contribution is 6.06. The molecule has 0 unspecified atom stereocenters. The molecule has 0 bridgehead atoms. The second-order valence-corrected chi connectivity index (χ2v) is 11.2. The van der Waals surface area contributed by atoms with Crippen molar-refractivity contribution in [3.63, 3.8) is 0 Å². The summed E-state index contributed by atoms with van der Waals surface area (Å²) in [4.78, 5) is 5.03. The number of rotatable bonds is 3. The van der Waals surface area contributed by atoms with E-state index in [-0.39, 0.29) is 0 Å². The van der Waals surface area contributed by atoms with Gasteiger partial charge in [-0.15, -0.1) is 0 Å². The van der Waals surface area contributed by atoms with E-state index in [9.17, 15) is 0 Å². The van der Waals surface area contributed by atoms with Gasteiger partial charge in [-0.2, -0.15) is 0 Å². The van der Waals surface area contributed by atoms with Crippen molar-refractivity contribution >= 4 is 27.5 Å². The van der Waals surface area contributed by atoms with Gasteiger partial charge in [-0.25, -0.2) is 4.98 Å². The van der Waals surface area contributed by atoms with Crippen LogP contribution in [0.5, 0.6) is 0 Å². The van der Waals surface area contributed by atoms with Gasteiger partial charge in [0, 0.05) is 17.1 Å².